The number of rotatable bonds is 5. The van der Waals surface area contributed by atoms with E-state index in [1.54, 1.807) is 10.9 Å². The predicted octanol–water partition coefficient (Wildman–Crippen LogP) is 2.86. The molecular formula is C22H21N7O2. The van der Waals surface area contributed by atoms with E-state index in [4.69, 9.17) is 16.2 Å². The molecule has 31 heavy (non-hydrogen) atoms. The van der Waals surface area contributed by atoms with Gasteiger partial charge in [0.2, 0.25) is 11.9 Å². The molecule has 0 saturated carbocycles. The zero-order valence-electron chi connectivity index (χ0n) is 17.1. The van der Waals surface area contributed by atoms with Gasteiger partial charge in [-0.1, -0.05) is 30.3 Å². The molecule has 4 aromatic rings. The van der Waals surface area contributed by atoms with Crippen LogP contribution in [0.3, 0.4) is 0 Å². The minimum Gasteiger partial charge on any atom is -0.454 e. The highest BCUT2D eigenvalue weighted by atomic mass is 16.5. The van der Waals surface area contributed by atoms with Crippen molar-refractivity contribution in [2.24, 2.45) is 0 Å². The van der Waals surface area contributed by atoms with Crippen LogP contribution in [0.4, 0.5) is 11.9 Å². The number of nitrogen functional groups attached to an aromatic ring is 2. The number of nitrogens with zero attached hydrogens (tertiary/aromatic N) is 5. The molecule has 0 atom stereocenters. The molecule has 0 fully saturated rings. The molecule has 4 N–H and O–H groups in total. The molecule has 156 valence electrons. The summed E-state index contributed by atoms with van der Waals surface area (Å²) in [4.78, 5) is 24.5. The van der Waals surface area contributed by atoms with E-state index in [2.05, 4.69) is 20.1 Å². The van der Waals surface area contributed by atoms with Gasteiger partial charge in [-0.05, 0) is 43.2 Å². The van der Waals surface area contributed by atoms with E-state index in [9.17, 15) is 4.79 Å². The molecule has 0 unspecified atom stereocenters. The minimum absolute atomic E-state index is 0.0359. The number of aromatic nitrogens is 5. The Hall–Kier alpha value is -4.27. The van der Waals surface area contributed by atoms with E-state index >= 15 is 0 Å². The minimum atomic E-state index is -0.562. The highest BCUT2D eigenvalue weighted by molar-refractivity contribution is 5.96. The van der Waals surface area contributed by atoms with Crippen LogP contribution in [0.1, 0.15) is 27.3 Å². The van der Waals surface area contributed by atoms with Gasteiger partial charge in [0.05, 0.1) is 5.69 Å². The molecule has 0 aliphatic heterocycles. The SMILES string of the molecule is Cc1ccc(-c2nn(-c3ccccc3)cc2C(=O)OCc2nc(N)nc(N)n2)cc1C. The summed E-state index contributed by atoms with van der Waals surface area (Å²) in [6.07, 6.45) is 1.65. The topological polar surface area (TPSA) is 135 Å². The third kappa shape index (κ3) is 4.35. The molecule has 0 saturated heterocycles. The first-order chi connectivity index (χ1) is 14.9. The molecule has 2 aromatic carbocycles. The van der Waals surface area contributed by atoms with Crippen molar-refractivity contribution in [3.05, 3.63) is 77.2 Å². The summed E-state index contributed by atoms with van der Waals surface area (Å²) in [6, 6.07) is 15.5. The summed E-state index contributed by atoms with van der Waals surface area (Å²) in [6.45, 7) is 3.85. The Bertz CT molecular complexity index is 1230. The van der Waals surface area contributed by atoms with Crippen LogP contribution in [0.2, 0.25) is 0 Å². The van der Waals surface area contributed by atoms with Gasteiger partial charge in [-0.25, -0.2) is 9.48 Å². The summed E-state index contributed by atoms with van der Waals surface area (Å²) in [5.41, 5.74) is 15.9. The average Bonchev–Trinajstić information content (AvgIpc) is 3.19. The summed E-state index contributed by atoms with van der Waals surface area (Å²) >= 11 is 0. The smallest absolute Gasteiger partial charge is 0.342 e. The summed E-state index contributed by atoms with van der Waals surface area (Å²) < 4.78 is 7.09. The third-order valence-electron chi connectivity index (χ3n) is 4.78. The number of esters is 1. The van der Waals surface area contributed by atoms with Crippen LogP contribution in [0, 0.1) is 13.8 Å². The van der Waals surface area contributed by atoms with Crippen LogP contribution < -0.4 is 11.5 Å². The highest BCUT2D eigenvalue weighted by Crippen LogP contribution is 2.26. The Morgan fingerprint density at radius 3 is 2.35 bits per heavy atom. The molecule has 0 spiro atoms. The van der Waals surface area contributed by atoms with Gasteiger partial charge in [0, 0.05) is 11.8 Å². The molecule has 0 radical (unpaired) electrons. The van der Waals surface area contributed by atoms with Gasteiger partial charge >= 0.3 is 5.97 Å². The van der Waals surface area contributed by atoms with E-state index in [1.165, 1.54) is 0 Å². The van der Waals surface area contributed by atoms with Gasteiger partial charge in [0.15, 0.2) is 12.4 Å². The Morgan fingerprint density at radius 2 is 1.68 bits per heavy atom. The number of hydrogen-bond acceptors (Lipinski definition) is 8. The maximum atomic E-state index is 13.0. The van der Waals surface area contributed by atoms with Gasteiger partial charge in [0.1, 0.15) is 11.3 Å². The standard InChI is InChI=1S/C22H21N7O2/c1-13-8-9-15(10-14(13)2)19-17(11-29(28-19)16-6-4-3-5-7-16)20(30)31-12-18-25-21(23)27-22(24)26-18/h3-11H,12H2,1-2H3,(H4,23,24,25,26,27). The van der Waals surface area contributed by atoms with Gasteiger partial charge in [-0.2, -0.15) is 20.1 Å². The zero-order chi connectivity index (χ0) is 22.0. The van der Waals surface area contributed by atoms with Crippen LogP contribution in [-0.2, 0) is 11.3 Å². The number of para-hydroxylation sites is 1. The Kier molecular flexibility index (Phi) is 5.31. The summed E-state index contributed by atoms with van der Waals surface area (Å²) in [5, 5.41) is 4.66. The van der Waals surface area contributed by atoms with Crippen LogP contribution in [0.25, 0.3) is 16.9 Å². The molecule has 2 aromatic heterocycles. The van der Waals surface area contributed by atoms with Crippen molar-refractivity contribution in [1.29, 1.82) is 0 Å². The number of aryl methyl sites for hydroxylation is 2. The lowest BCUT2D eigenvalue weighted by Crippen LogP contribution is -2.11. The predicted molar refractivity (Wildman–Crippen MR) is 116 cm³/mol. The monoisotopic (exact) mass is 415 g/mol. The van der Waals surface area contributed by atoms with Crippen LogP contribution in [-0.4, -0.2) is 30.7 Å². The number of carbonyl (C=O) groups is 1. The molecule has 9 heteroatoms. The first kappa shape index (κ1) is 20.0. The molecule has 9 nitrogen and oxygen atoms in total. The number of hydrogen-bond donors (Lipinski definition) is 2. The van der Waals surface area contributed by atoms with Gasteiger partial charge in [-0.3, -0.25) is 0 Å². The lowest BCUT2D eigenvalue weighted by molar-refractivity contribution is 0.0463. The largest absolute Gasteiger partial charge is 0.454 e. The highest BCUT2D eigenvalue weighted by Gasteiger charge is 2.21. The quantitative estimate of drug-likeness (QED) is 0.475. The van der Waals surface area contributed by atoms with Crippen LogP contribution in [0.15, 0.2) is 54.7 Å². The molecule has 0 bridgehead atoms. The Morgan fingerprint density at radius 1 is 0.968 bits per heavy atom. The third-order valence-corrected chi connectivity index (χ3v) is 4.78. The average molecular weight is 415 g/mol. The van der Waals surface area contributed by atoms with Crippen molar-refractivity contribution in [2.45, 2.75) is 20.5 Å². The maximum absolute atomic E-state index is 13.0. The lowest BCUT2D eigenvalue weighted by Gasteiger charge is -2.06. The molecule has 0 amide bonds. The fourth-order valence-corrected chi connectivity index (χ4v) is 3.07. The molecule has 2 heterocycles. The van der Waals surface area contributed by atoms with E-state index in [1.807, 2.05) is 62.4 Å². The zero-order valence-corrected chi connectivity index (χ0v) is 17.1. The van der Waals surface area contributed by atoms with E-state index < -0.39 is 5.97 Å². The van der Waals surface area contributed by atoms with Crippen LogP contribution >= 0.6 is 0 Å². The number of benzene rings is 2. The summed E-state index contributed by atoms with van der Waals surface area (Å²) in [7, 11) is 0. The number of nitrogens with two attached hydrogens (primary N) is 2. The van der Waals surface area contributed by atoms with E-state index in [0.29, 0.717) is 11.3 Å². The van der Waals surface area contributed by atoms with Crippen LogP contribution in [0.5, 0.6) is 0 Å². The van der Waals surface area contributed by atoms with Crippen molar-refractivity contribution in [3.63, 3.8) is 0 Å². The normalized spacial score (nSPS) is 10.8. The Labute approximate surface area is 178 Å². The fourth-order valence-electron chi connectivity index (χ4n) is 3.07. The molecule has 0 aliphatic rings. The number of carbonyl (C=O) groups excluding carboxylic acids is 1. The van der Waals surface area contributed by atoms with Crippen molar-refractivity contribution in [2.75, 3.05) is 11.5 Å². The van der Waals surface area contributed by atoms with Crippen molar-refractivity contribution >= 4 is 17.9 Å². The first-order valence-corrected chi connectivity index (χ1v) is 9.56. The lowest BCUT2D eigenvalue weighted by atomic mass is 10.0. The van der Waals surface area contributed by atoms with Crippen molar-refractivity contribution in [1.82, 2.24) is 24.7 Å². The first-order valence-electron chi connectivity index (χ1n) is 9.56. The summed E-state index contributed by atoms with van der Waals surface area (Å²) in [5.74, 6) is -0.466. The maximum Gasteiger partial charge on any atom is 0.342 e. The fraction of sp³-hybridized carbons (Fsp3) is 0.136. The second-order valence-corrected chi connectivity index (χ2v) is 7.01. The van der Waals surface area contributed by atoms with Gasteiger partial charge in [0.25, 0.3) is 0 Å². The molecule has 0 aliphatic carbocycles. The number of anilines is 2. The Balaban J connectivity index is 1.69. The molecular weight excluding hydrogens is 394 g/mol. The van der Waals surface area contributed by atoms with Gasteiger partial charge in [-0.15, -0.1) is 0 Å². The van der Waals surface area contributed by atoms with E-state index in [0.717, 1.165) is 22.4 Å². The van der Waals surface area contributed by atoms with E-state index in [-0.39, 0.29) is 24.3 Å². The van der Waals surface area contributed by atoms with Gasteiger partial charge < -0.3 is 16.2 Å². The van der Waals surface area contributed by atoms with Crippen molar-refractivity contribution < 1.29 is 9.53 Å². The molecule has 4 rings (SSSR count). The second kappa shape index (κ2) is 8.23. The number of ether oxygens (including phenoxy) is 1. The second-order valence-electron chi connectivity index (χ2n) is 7.01. The van der Waals surface area contributed by atoms with Crippen molar-refractivity contribution in [3.8, 4) is 16.9 Å².